The van der Waals surface area contributed by atoms with Crippen LogP contribution in [0.25, 0.3) is 11.3 Å². The predicted molar refractivity (Wildman–Crippen MR) is 49.3 cm³/mol. The summed E-state index contributed by atoms with van der Waals surface area (Å²) in [4.78, 5) is 4.14. The van der Waals surface area contributed by atoms with Gasteiger partial charge in [0.05, 0.1) is 11.6 Å². The molecular formula is C9H7ClN2O. The molecule has 0 bridgehead atoms. The third-order valence-electron chi connectivity index (χ3n) is 1.70. The lowest BCUT2D eigenvalue weighted by atomic mass is 10.2. The molecule has 0 spiro atoms. The van der Waals surface area contributed by atoms with Gasteiger partial charge in [-0.1, -0.05) is 5.16 Å². The van der Waals surface area contributed by atoms with Crippen molar-refractivity contribution in [2.24, 2.45) is 0 Å². The highest BCUT2D eigenvalue weighted by atomic mass is 35.5. The van der Waals surface area contributed by atoms with Crippen molar-refractivity contribution in [3.63, 3.8) is 0 Å². The average Bonchev–Trinajstić information content (AvgIpc) is 2.71. The Kier molecular flexibility index (Phi) is 2.27. The number of hydrogen-bond acceptors (Lipinski definition) is 3. The lowest BCUT2D eigenvalue weighted by Gasteiger charge is -1.96. The standard InChI is InChI=1S/C9H7ClN2O/c10-5-8-2-1-7(6-11-8)9-3-4-13-12-9/h1-4,6H,5H2. The van der Waals surface area contributed by atoms with E-state index in [1.165, 1.54) is 6.26 Å². The summed E-state index contributed by atoms with van der Waals surface area (Å²) in [5.74, 6) is 0.430. The molecule has 13 heavy (non-hydrogen) atoms. The van der Waals surface area contributed by atoms with E-state index in [-0.39, 0.29) is 0 Å². The van der Waals surface area contributed by atoms with Gasteiger partial charge in [0.25, 0.3) is 0 Å². The Labute approximate surface area is 80.3 Å². The minimum atomic E-state index is 0.430. The number of nitrogens with zero attached hydrogens (tertiary/aromatic N) is 2. The van der Waals surface area contributed by atoms with E-state index in [2.05, 4.69) is 10.1 Å². The second-order valence-electron chi connectivity index (χ2n) is 2.56. The molecule has 0 radical (unpaired) electrons. The first-order chi connectivity index (χ1) is 6.40. The molecule has 3 nitrogen and oxygen atoms in total. The van der Waals surface area contributed by atoms with Crippen LogP contribution in [-0.4, -0.2) is 10.1 Å². The van der Waals surface area contributed by atoms with Gasteiger partial charge in [-0.3, -0.25) is 4.98 Å². The van der Waals surface area contributed by atoms with Gasteiger partial charge in [-0.15, -0.1) is 11.6 Å². The van der Waals surface area contributed by atoms with E-state index in [1.54, 1.807) is 12.3 Å². The number of halogens is 1. The lowest BCUT2D eigenvalue weighted by molar-refractivity contribution is 0.422. The van der Waals surface area contributed by atoms with Gasteiger partial charge in [-0.05, 0) is 12.1 Å². The van der Waals surface area contributed by atoms with E-state index in [0.29, 0.717) is 5.88 Å². The molecule has 2 rings (SSSR count). The second-order valence-corrected chi connectivity index (χ2v) is 2.82. The summed E-state index contributed by atoms with van der Waals surface area (Å²) >= 11 is 5.61. The normalized spacial score (nSPS) is 10.2. The van der Waals surface area contributed by atoms with Crippen LogP contribution >= 0.6 is 11.6 Å². The molecule has 0 aliphatic carbocycles. The zero-order valence-electron chi connectivity index (χ0n) is 6.77. The Morgan fingerprint density at radius 3 is 2.77 bits per heavy atom. The smallest absolute Gasteiger partial charge is 0.124 e. The van der Waals surface area contributed by atoms with Crippen LogP contribution in [0.5, 0.6) is 0 Å². The molecule has 0 saturated carbocycles. The zero-order valence-corrected chi connectivity index (χ0v) is 7.53. The summed E-state index contributed by atoms with van der Waals surface area (Å²) in [7, 11) is 0. The van der Waals surface area contributed by atoms with Gasteiger partial charge in [0, 0.05) is 17.8 Å². The Hall–Kier alpha value is -1.35. The summed E-state index contributed by atoms with van der Waals surface area (Å²) in [6.45, 7) is 0. The van der Waals surface area contributed by atoms with Crippen molar-refractivity contribution >= 4 is 11.6 Å². The fourth-order valence-electron chi connectivity index (χ4n) is 1.02. The Balaban J connectivity index is 2.33. The molecule has 0 aliphatic rings. The van der Waals surface area contributed by atoms with Crippen molar-refractivity contribution in [1.82, 2.24) is 10.1 Å². The maximum absolute atomic E-state index is 5.61. The van der Waals surface area contributed by atoms with Crippen molar-refractivity contribution in [2.75, 3.05) is 0 Å². The van der Waals surface area contributed by atoms with Crippen LogP contribution in [-0.2, 0) is 5.88 Å². The first-order valence-corrected chi connectivity index (χ1v) is 4.35. The lowest BCUT2D eigenvalue weighted by Crippen LogP contribution is -1.85. The van der Waals surface area contributed by atoms with E-state index in [0.717, 1.165) is 17.0 Å². The van der Waals surface area contributed by atoms with E-state index >= 15 is 0 Å². The van der Waals surface area contributed by atoms with Gasteiger partial charge in [0.15, 0.2) is 0 Å². The topological polar surface area (TPSA) is 38.9 Å². The van der Waals surface area contributed by atoms with Gasteiger partial charge in [0.1, 0.15) is 12.0 Å². The highest BCUT2D eigenvalue weighted by Gasteiger charge is 2.00. The minimum Gasteiger partial charge on any atom is -0.364 e. The molecule has 4 heteroatoms. The second kappa shape index (κ2) is 3.58. The van der Waals surface area contributed by atoms with Gasteiger partial charge in [-0.25, -0.2) is 0 Å². The number of rotatable bonds is 2. The summed E-state index contributed by atoms with van der Waals surface area (Å²) in [5, 5.41) is 3.79. The van der Waals surface area contributed by atoms with Crippen molar-refractivity contribution < 1.29 is 4.52 Å². The summed E-state index contributed by atoms with van der Waals surface area (Å²) in [6, 6.07) is 5.58. The molecule has 0 N–H and O–H groups in total. The number of alkyl halides is 1. The van der Waals surface area contributed by atoms with Crippen molar-refractivity contribution in [2.45, 2.75) is 5.88 Å². The molecule has 0 amide bonds. The molecule has 2 heterocycles. The number of aromatic nitrogens is 2. The molecule has 0 saturated heterocycles. The van der Waals surface area contributed by atoms with Crippen LogP contribution in [0.15, 0.2) is 35.2 Å². The average molecular weight is 195 g/mol. The highest BCUT2D eigenvalue weighted by molar-refractivity contribution is 6.16. The SMILES string of the molecule is ClCc1ccc(-c2ccon2)cn1. The van der Waals surface area contributed by atoms with Crippen LogP contribution in [0, 0.1) is 0 Å². The number of pyridine rings is 1. The molecule has 0 aliphatic heterocycles. The quantitative estimate of drug-likeness (QED) is 0.690. The van der Waals surface area contributed by atoms with Gasteiger partial charge in [0.2, 0.25) is 0 Å². The first-order valence-electron chi connectivity index (χ1n) is 3.82. The van der Waals surface area contributed by atoms with Crippen LogP contribution in [0.4, 0.5) is 0 Å². The third-order valence-corrected chi connectivity index (χ3v) is 1.97. The summed E-state index contributed by atoms with van der Waals surface area (Å²) in [5.41, 5.74) is 2.57. The molecule has 66 valence electrons. The maximum Gasteiger partial charge on any atom is 0.124 e. The zero-order chi connectivity index (χ0) is 9.10. The summed E-state index contributed by atoms with van der Waals surface area (Å²) < 4.78 is 4.72. The summed E-state index contributed by atoms with van der Waals surface area (Å²) in [6.07, 6.45) is 3.26. The molecule has 0 aromatic carbocycles. The van der Waals surface area contributed by atoms with Crippen LogP contribution in [0.1, 0.15) is 5.69 Å². The fraction of sp³-hybridized carbons (Fsp3) is 0.111. The van der Waals surface area contributed by atoms with Crippen molar-refractivity contribution in [3.8, 4) is 11.3 Å². The monoisotopic (exact) mass is 194 g/mol. The van der Waals surface area contributed by atoms with Crippen LogP contribution in [0.2, 0.25) is 0 Å². The molecule has 0 fully saturated rings. The van der Waals surface area contributed by atoms with E-state index in [9.17, 15) is 0 Å². The van der Waals surface area contributed by atoms with Gasteiger partial charge in [-0.2, -0.15) is 0 Å². The van der Waals surface area contributed by atoms with E-state index in [1.807, 2.05) is 12.1 Å². The largest absolute Gasteiger partial charge is 0.364 e. The third kappa shape index (κ3) is 1.70. The Morgan fingerprint density at radius 1 is 1.31 bits per heavy atom. The molecule has 0 unspecified atom stereocenters. The Bertz CT molecular complexity index is 369. The Morgan fingerprint density at radius 2 is 2.23 bits per heavy atom. The molecule has 2 aromatic rings. The highest BCUT2D eigenvalue weighted by Crippen LogP contribution is 2.15. The van der Waals surface area contributed by atoms with Crippen molar-refractivity contribution in [1.29, 1.82) is 0 Å². The van der Waals surface area contributed by atoms with Gasteiger partial charge < -0.3 is 4.52 Å². The van der Waals surface area contributed by atoms with E-state index in [4.69, 9.17) is 16.1 Å². The minimum absolute atomic E-state index is 0.430. The number of hydrogen-bond donors (Lipinski definition) is 0. The van der Waals surface area contributed by atoms with Gasteiger partial charge >= 0.3 is 0 Å². The maximum atomic E-state index is 5.61. The van der Waals surface area contributed by atoms with Crippen molar-refractivity contribution in [3.05, 3.63) is 36.4 Å². The van der Waals surface area contributed by atoms with Crippen LogP contribution < -0.4 is 0 Å². The fourth-order valence-corrected chi connectivity index (χ4v) is 1.17. The van der Waals surface area contributed by atoms with E-state index < -0.39 is 0 Å². The predicted octanol–water partition coefficient (Wildman–Crippen LogP) is 2.48. The molecule has 2 aromatic heterocycles. The molecule has 0 atom stereocenters. The first kappa shape index (κ1) is 8.26. The molecular weight excluding hydrogens is 188 g/mol. The van der Waals surface area contributed by atoms with Crippen LogP contribution in [0.3, 0.4) is 0 Å².